The molecule has 2 amide bonds. The van der Waals surface area contributed by atoms with Gasteiger partial charge in [0.05, 0.1) is 21.4 Å². The van der Waals surface area contributed by atoms with Gasteiger partial charge in [0, 0.05) is 11.1 Å². The molecule has 0 radical (unpaired) electrons. The van der Waals surface area contributed by atoms with E-state index in [4.69, 9.17) is 28.2 Å². The zero-order valence-corrected chi connectivity index (χ0v) is 26.5. The number of rotatable bonds is 6. The van der Waals surface area contributed by atoms with Crippen molar-refractivity contribution in [2.45, 2.75) is 0 Å². The van der Waals surface area contributed by atoms with E-state index in [0.29, 0.717) is 39.6 Å². The van der Waals surface area contributed by atoms with Crippen LogP contribution in [0.3, 0.4) is 0 Å². The number of amides is 2. The van der Waals surface area contributed by atoms with Gasteiger partial charge in [-0.05, 0) is 59.7 Å². The van der Waals surface area contributed by atoms with Crippen LogP contribution in [0.1, 0.15) is 22.3 Å². The Morgan fingerprint density at radius 2 is 0.938 bits per heavy atom. The van der Waals surface area contributed by atoms with Crippen LogP contribution in [0.4, 0.5) is 11.4 Å². The van der Waals surface area contributed by atoms with Gasteiger partial charge in [0.15, 0.2) is 0 Å². The van der Waals surface area contributed by atoms with Crippen molar-refractivity contribution in [1.29, 1.82) is 0 Å². The molecule has 2 heterocycles. The van der Waals surface area contributed by atoms with Crippen LogP contribution in [0.25, 0.3) is 12.2 Å². The molecule has 5 aromatic carbocycles. The molecule has 2 N–H and O–H groups in total. The maximum Gasteiger partial charge on any atom is 0.282 e. The van der Waals surface area contributed by atoms with Crippen molar-refractivity contribution in [3.8, 4) is 11.5 Å². The molecule has 0 unspecified atom stereocenters. The summed E-state index contributed by atoms with van der Waals surface area (Å²) in [6.45, 7) is 0. The molecule has 0 aliphatic carbocycles. The number of aliphatic imine (C=N–C) groups is 2. The Kier molecular flexibility index (Phi) is 8.10. The second-order valence-electron chi connectivity index (χ2n) is 10.9. The van der Waals surface area contributed by atoms with Crippen LogP contribution in [-0.4, -0.2) is 33.7 Å². The normalized spacial score (nSPS) is 16.2. The highest BCUT2D eigenvalue weighted by molar-refractivity contribution is 6.45. The van der Waals surface area contributed by atoms with Crippen LogP contribution < -0.4 is 9.80 Å². The van der Waals surface area contributed by atoms with E-state index in [1.165, 1.54) is 34.1 Å². The topological polar surface area (TPSA) is 106 Å². The first-order valence-corrected chi connectivity index (χ1v) is 15.5. The number of anilines is 2. The third kappa shape index (κ3) is 5.86. The SMILES string of the molecule is O=C1C(=Cc2ccc(O)cc2)N=C(c2ccccc2)N1c1cc(Cl)c(N2C(=O)C(=Cc3ccc(O)cc3)N=C2c2ccccc2)c(Cl)c1. The van der Waals surface area contributed by atoms with E-state index in [1.54, 1.807) is 48.6 Å². The zero-order chi connectivity index (χ0) is 33.4. The quantitative estimate of drug-likeness (QED) is 0.178. The first-order valence-electron chi connectivity index (χ1n) is 14.7. The van der Waals surface area contributed by atoms with Crippen LogP contribution >= 0.6 is 23.2 Å². The maximum atomic E-state index is 14.0. The number of phenols is 2. The largest absolute Gasteiger partial charge is 0.508 e. The summed E-state index contributed by atoms with van der Waals surface area (Å²) in [6, 6.07) is 34.4. The van der Waals surface area contributed by atoms with Crippen molar-refractivity contribution in [3.63, 3.8) is 0 Å². The number of carbonyl (C=O) groups excluding carboxylic acids is 2. The summed E-state index contributed by atoms with van der Waals surface area (Å²) in [5.41, 5.74) is 3.56. The first kappa shape index (κ1) is 30.7. The zero-order valence-electron chi connectivity index (χ0n) is 25.0. The fourth-order valence-electron chi connectivity index (χ4n) is 5.39. The van der Waals surface area contributed by atoms with E-state index in [1.807, 2.05) is 60.7 Å². The van der Waals surface area contributed by atoms with E-state index in [2.05, 4.69) is 4.99 Å². The van der Waals surface area contributed by atoms with Gasteiger partial charge < -0.3 is 10.2 Å². The van der Waals surface area contributed by atoms with Gasteiger partial charge in [-0.15, -0.1) is 0 Å². The van der Waals surface area contributed by atoms with Crippen LogP contribution in [0.2, 0.25) is 10.0 Å². The number of halogens is 2. The van der Waals surface area contributed by atoms with Gasteiger partial charge in [0.1, 0.15) is 34.6 Å². The van der Waals surface area contributed by atoms with E-state index in [0.717, 1.165) is 0 Å². The molecule has 8 nitrogen and oxygen atoms in total. The average molecular weight is 672 g/mol. The maximum absolute atomic E-state index is 14.0. The van der Waals surface area contributed by atoms with Crippen molar-refractivity contribution >= 4 is 70.2 Å². The molecule has 7 rings (SSSR count). The molecule has 0 saturated heterocycles. The molecule has 0 bridgehead atoms. The Hall–Kier alpha value is -5.96. The van der Waals surface area contributed by atoms with Gasteiger partial charge in [-0.3, -0.25) is 19.4 Å². The molecule has 0 atom stereocenters. The van der Waals surface area contributed by atoms with Crippen molar-refractivity contribution in [1.82, 2.24) is 0 Å². The highest BCUT2D eigenvalue weighted by atomic mass is 35.5. The fourth-order valence-corrected chi connectivity index (χ4v) is 6.04. The smallest absolute Gasteiger partial charge is 0.282 e. The van der Waals surface area contributed by atoms with Crippen LogP contribution in [-0.2, 0) is 9.59 Å². The Labute approximate surface area is 285 Å². The van der Waals surface area contributed by atoms with Gasteiger partial charge in [0.25, 0.3) is 11.8 Å². The first-order chi connectivity index (χ1) is 23.3. The predicted octanol–water partition coefficient (Wildman–Crippen LogP) is 8.07. The molecule has 48 heavy (non-hydrogen) atoms. The minimum Gasteiger partial charge on any atom is -0.508 e. The van der Waals surface area contributed by atoms with Gasteiger partial charge >= 0.3 is 0 Å². The van der Waals surface area contributed by atoms with Crippen LogP contribution in [0, 0.1) is 0 Å². The molecule has 234 valence electrons. The van der Waals surface area contributed by atoms with Crippen molar-refractivity contribution in [3.05, 3.63) is 165 Å². The number of hydrogen-bond acceptors (Lipinski definition) is 6. The Morgan fingerprint density at radius 3 is 1.38 bits per heavy atom. The number of benzene rings is 5. The lowest BCUT2D eigenvalue weighted by Crippen LogP contribution is -2.34. The number of aromatic hydroxyl groups is 2. The van der Waals surface area contributed by atoms with Gasteiger partial charge in [-0.25, -0.2) is 9.98 Å². The van der Waals surface area contributed by atoms with Gasteiger partial charge in [0.2, 0.25) is 0 Å². The lowest BCUT2D eigenvalue weighted by Gasteiger charge is -2.24. The summed E-state index contributed by atoms with van der Waals surface area (Å²) < 4.78 is 0. The van der Waals surface area contributed by atoms with Crippen molar-refractivity contribution in [2.75, 3.05) is 9.80 Å². The molecular weight excluding hydrogens is 647 g/mol. The molecular formula is C38H24Cl2N4O4. The summed E-state index contributed by atoms with van der Waals surface area (Å²) in [7, 11) is 0. The molecule has 0 saturated carbocycles. The van der Waals surface area contributed by atoms with Gasteiger partial charge in [-0.1, -0.05) is 108 Å². The van der Waals surface area contributed by atoms with E-state index < -0.39 is 11.8 Å². The summed E-state index contributed by atoms with van der Waals surface area (Å²) >= 11 is 13.9. The lowest BCUT2D eigenvalue weighted by molar-refractivity contribution is -0.114. The molecule has 10 heteroatoms. The minimum atomic E-state index is -0.457. The van der Waals surface area contributed by atoms with Crippen LogP contribution in [0.5, 0.6) is 11.5 Å². The second-order valence-corrected chi connectivity index (χ2v) is 11.7. The average Bonchev–Trinajstić information content (AvgIpc) is 3.59. The predicted molar refractivity (Wildman–Crippen MR) is 190 cm³/mol. The van der Waals surface area contributed by atoms with Crippen molar-refractivity contribution < 1.29 is 19.8 Å². The standard InChI is InChI=1S/C38H24Cl2N4O4/c39-30-21-27(43-35(25-7-3-1-4-8-25)41-32(37(43)47)19-23-11-15-28(45)16-12-23)22-31(40)34(30)44-36(26-9-5-2-6-10-26)42-33(38(44)48)20-24-13-17-29(46)18-14-24/h1-22,45-46H. The molecule has 2 aliphatic rings. The molecule has 0 fully saturated rings. The summed E-state index contributed by atoms with van der Waals surface area (Å²) in [5.74, 6) is 0.0300. The molecule has 0 aromatic heterocycles. The third-order valence-corrected chi connectivity index (χ3v) is 8.24. The monoisotopic (exact) mass is 670 g/mol. The number of hydrogen-bond donors (Lipinski definition) is 2. The fraction of sp³-hybridized carbons (Fsp3) is 0. The number of phenolic OH excluding ortho intramolecular Hbond substituents is 2. The summed E-state index contributed by atoms with van der Waals surface area (Å²) in [6.07, 6.45) is 3.25. The second kappa shape index (κ2) is 12.7. The van der Waals surface area contributed by atoms with E-state index in [9.17, 15) is 19.8 Å². The van der Waals surface area contributed by atoms with E-state index >= 15 is 0 Å². The minimum absolute atomic E-state index is 0.101. The van der Waals surface area contributed by atoms with Crippen LogP contribution in [0.15, 0.2) is 143 Å². The number of nitrogens with zero attached hydrogens (tertiary/aromatic N) is 4. The van der Waals surface area contributed by atoms with Crippen molar-refractivity contribution in [2.24, 2.45) is 9.98 Å². The van der Waals surface area contributed by atoms with Gasteiger partial charge in [-0.2, -0.15) is 0 Å². The molecule has 5 aromatic rings. The third-order valence-electron chi connectivity index (χ3n) is 7.66. The Balaban J connectivity index is 1.31. The number of carbonyl (C=O) groups is 2. The summed E-state index contributed by atoms with van der Waals surface area (Å²) in [5, 5.41) is 19.6. The van der Waals surface area contributed by atoms with E-state index in [-0.39, 0.29) is 38.6 Å². The molecule has 0 spiro atoms. The Bertz CT molecular complexity index is 2170. The number of amidine groups is 2. The summed E-state index contributed by atoms with van der Waals surface area (Å²) in [4.78, 5) is 40.1. The molecule has 2 aliphatic heterocycles. The highest BCUT2D eigenvalue weighted by Gasteiger charge is 2.37. The Morgan fingerprint density at radius 1 is 0.542 bits per heavy atom. The highest BCUT2D eigenvalue weighted by Crippen LogP contribution is 2.42. The lowest BCUT2D eigenvalue weighted by atomic mass is 10.1.